The Balaban J connectivity index is 2.46. The lowest BCUT2D eigenvalue weighted by molar-refractivity contribution is -0.137. The zero-order valence-corrected chi connectivity index (χ0v) is 15.0. The van der Waals surface area contributed by atoms with Crippen LogP contribution in [0.1, 0.15) is 18.1 Å². The predicted molar refractivity (Wildman–Crippen MR) is 103 cm³/mol. The van der Waals surface area contributed by atoms with Gasteiger partial charge in [0.2, 0.25) is 0 Å². The lowest BCUT2D eigenvalue weighted by atomic mass is 9.99. The van der Waals surface area contributed by atoms with Gasteiger partial charge in [0, 0.05) is 10.5 Å². The number of hydrogen-bond donors (Lipinski definition) is 0. The van der Waals surface area contributed by atoms with Crippen LogP contribution in [0.2, 0.25) is 0 Å². The van der Waals surface area contributed by atoms with Crippen LogP contribution in [-0.4, -0.2) is 18.8 Å². The van der Waals surface area contributed by atoms with Gasteiger partial charge in [-0.05, 0) is 36.4 Å². The first kappa shape index (κ1) is 18.6. The number of nitrogens with zero attached hydrogens (tertiary/aromatic N) is 1. The van der Waals surface area contributed by atoms with Crippen LogP contribution in [0.5, 0.6) is 0 Å². The quantitative estimate of drug-likeness (QED) is 0.243. The number of esters is 1. The number of thioether (sulfide) groups is 1. The fraction of sp³-hybridized carbons (Fsp3) is 0.143. The molecule has 2 rings (SSSR count). The van der Waals surface area contributed by atoms with Crippen LogP contribution in [-0.2, 0) is 9.53 Å². The van der Waals surface area contributed by atoms with Gasteiger partial charge in [-0.15, -0.1) is 11.8 Å². The van der Waals surface area contributed by atoms with E-state index < -0.39 is 5.97 Å². The average molecular weight is 349 g/mol. The summed E-state index contributed by atoms with van der Waals surface area (Å²) < 4.78 is 5.02. The van der Waals surface area contributed by atoms with E-state index in [1.54, 1.807) is 24.8 Å². The molecule has 0 bridgehead atoms. The van der Waals surface area contributed by atoms with Crippen molar-refractivity contribution in [2.24, 2.45) is 0 Å². The van der Waals surface area contributed by atoms with Crippen LogP contribution in [0.15, 0.2) is 71.1 Å². The molecule has 4 heteroatoms. The zero-order chi connectivity index (χ0) is 18.1. The van der Waals surface area contributed by atoms with Crippen LogP contribution in [0.4, 0.5) is 0 Å². The number of allylic oxidation sites excluding steroid dienone is 2. The number of carbonyl (C=O) groups is 1. The summed E-state index contributed by atoms with van der Waals surface area (Å²) in [6.45, 7) is 1.95. The molecule has 0 N–H and O–H groups in total. The van der Waals surface area contributed by atoms with Gasteiger partial charge >= 0.3 is 5.97 Å². The third-order valence-electron chi connectivity index (χ3n) is 3.50. The highest BCUT2D eigenvalue weighted by atomic mass is 32.2. The Morgan fingerprint density at radius 2 is 1.84 bits per heavy atom. The van der Waals surface area contributed by atoms with Crippen LogP contribution >= 0.6 is 11.8 Å². The number of benzene rings is 2. The van der Waals surface area contributed by atoms with Crippen LogP contribution in [0.3, 0.4) is 0 Å². The normalized spacial score (nSPS) is 11.7. The maximum Gasteiger partial charge on any atom is 0.349 e. The lowest BCUT2D eigenvalue weighted by Gasteiger charge is -2.07. The average Bonchev–Trinajstić information content (AvgIpc) is 2.66. The molecule has 2 aromatic carbocycles. The first-order valence-electron chi connectivity index (χ1n) is 7.88. The molecular formula is C21H19NO2S. The molecule has 2 aromatic rings. The van der Waals surface area contributed by atoms with Gasteiger partial charge in [-0.2, -0.15) is 5.26 Å². The van der Waals surface area contributed by atoms with Gasteiger partial charge in [0.1, 0.15) is 11.6 Å². The molecule has 0 amide bonds. The second-order valence-electron chi connectivity index (χ2n) is 5.09. The van der Waals surface area contributed by atoms with E-state index in [9.17, 15) is 10.1 Å². The summed E-state index contributed by atoms with van der Waals surface area (Å²) in [6.07, 6.45) is 5.71. The highest BCUT2D eigenvalue weighted by Crippen LogP contribution is 2.23. The standard InChI is InChI=1S/C21H19NO2S/c1-3-24-21(23)20(15-22)19(17-7-5-4-6-8-17)14-11-16-9-12-18(25-2)13-10-16/h4-14H,3H2,1-2H3/b14-11+,20-19-. The lowest BCUT2D eigenvalue weighted by Crippen LogP contribution is -2.08. The molecule has 0 fully saturated rings. The summed E-state index contributed by atoms with van der Waals surface area (Å²) in [6, 6.07) is 19.4. The maximum atomic E-state index is 12.1. The SMILES string of the molecule is CCOC(=O)/C(C#N)=C(/C=C/c1ccc(SC)cc1)c1ccccc1. The Morgan fingerprint density at radius 3 is 2.40 bits per heavy atom. The molecule has 0 atom stereocenters. The van der Waals surface area contributed by atoms with E-state index in [0.717, 1.165) is 11.1 Å². The zero-order valence-electron chi connectivity index (χ0n) is 14.2. The van der Waals surface area contributed by atoms with Gasteiger partial charge in [0.15, 0.2) is 0 Å². The molecule has 0 radical (unpaired) electrons. The molecule has 3 nitrogen and oxygen atoms in total. The fourth-order valence-corrected chi connectivity index (χ4v) is 2.66. The van der Waals surface area contributed by atoms with E-state index in [0.29, 0.717) is 5.57 Å². The van der Waals surface area contributed by atoms with Crippen molar-refractivity contribution < 1.29 is 9.53 Å². The smallest absolute Gasteiger partial charge is 0.349 e. The minimum absolute atomic E-state index is 0.00466. The van der Waals surface area contributed by atoms with E-state index in [2.05, 4.69) is 0 Å². The largest absolute Gasteiger partial charge is 0.462 e. The molecule has 0 aromatic heterocycles. The van der Waals surface area contributed by atoms with E-state index in [4.69, 9.17) is 4.74 Å². The molecule has 0 aliphatic rings. The second-order valence-corrected chi connectivity index (χ2v) is 5.97. The molecule has 0 saturated carbocycles. The molecule has 0 spiro atoms. The Hall–Kier alpha value is -2.77. The molecule has 0 aliphatic heterocycles. The van der Waals surface area contributed by atoms with Crippen LogP contribution in [0.25, 0.3) is 11.6 Å². The van der Waals surface area contributed by atoms with Crippen LogP contribution in [0, 0.1) is 11.3 Å². The van der Waals surface area contributed by atoms with Crippen molar-refractivity contribution >= 4 is 29.4 Å². The van der Waals surface area contributed by atoms with E-state index >= 15 is 0 Å². The van der Waals surface area contributed by atoms with Crippen molar-refractivity contribution in [1.29, 1.82) is 5.26 Å². The number of ether oxygens (including phenoxy) is 1. The molecule has 0 unspecified atom stereocenters. The Labute approximate surface area is 152 Å². The van der Waals surface area contributed by atoms with Gasteiger partial charge in [-0.3, -0.25) is 0 Å². The van der Waals surface area contributed by atoms with Crippen molar-refractivity contribution in [2.45, 2.75) is 11.8 Å². The molecule has 25 heavy (non-hydrogen) atoms. The molecule has 0 aliphatic carbocycles. The van der Waals surface area contributed by atoms with E-state index in [1.807, 2.05) is 73.0 Å². The van der Waals surface area contributed by atoms with Gasteiger partial charge in [-0.1, -0.05) is 54.6 Å². The fourth-order valence-electron chi connectivity index (χ4n) is 2.26. The monoisotopic (exact) mass is 349 g/mol. The predicted octanol–water partition coefficient (Wildman–Crippen LogP) is 4.96. The third-order valence-corrected chi connectivity index (χ3v) is 4.25. The maximum absolute atomic E-state index is 12.1. The summed E-state index contributed by atoms with van der Waals surface area (Å²) in [5.74, 6) is -0.605. The first-order chi connectivity index (χ1) is 12.2. The highest BCUT2D eigenvalue weighted by Gasteiger charge is 2.16. The molecule has 0 heterocycles. The van der Waals surface area contributed by atoms with Gasteiger partial charge in [0.05, 0.1) is 6.61 Å². The Morgan fingerprint density at radius 1 is 1.16 bits per heavy atom. The van der Waals surface area contributed by atoms with E-state index in [-0.39, 0.29) is 12.2 Å². The summed E-state index contributed by atoms with van der Waals surface area (Å²) in [4.78, 5) is 13.3. The Bertz CT molecular complexity index is 815. The van der Waals surface area contributed by atoms with Crippen molar-refractivity contribution in [3.63, 3.8) is 0 Å². The van der Waals surface area contributed by atoms with Gasteiger partial charge in [-0.25, -0.2) is 4.79 Å². The van der Waals surface area contributed by atoms with Gasteiger partial charge in [0.25, 0.3) is 0 Å². The highest BCUT2D eigenvalue weighted by molar-refractivity contribution is 7.98. The van der Waals surface area contributed by atoms with Crippen molar-refractivity contribution in [3.05, 3.63) is 77.4 Å². The molecule has 126 valence electrons. The molecule has 0 saturated heterocycles. The molecular weight excluding hydrogens is 330 g/mol. The minimum Gasteiger partial charge on any atom is -0.462 e. The second kappa shape index (κ2) is 9.51. The van der Waals surface area contributed by atoms with Crippen molar-refractivity contribution in [1.82, 2.24) is 0 Å². The van der Waals surface area contributed by atoms with Crippen molar-refractivity contribution in [2.75, 3.05) is 12.9 Å². The summed E-state index contributed by atoms with van der Waals surface area (Å²) in [5.41, 5.74) is 2.34. The number of hydrogen-bond acceptors (Lipinski definition) is 4. The first-order valence-corrected chi connectivity index (χ1v) is 9.11. The third kappa shape index (κ3) is 5.10. The van der Waals surface area contributed by atoms with Crippen molar-refractivity contribution in [3.8, 4) is 6.07 Å². The van der Waals surface area contributed by atoms with Crippen LogP contribution < -0.4 is 0 Å². The topological polar surface area (TPSA) is 50.1 Å². The summed E-state index contributed by atoms with van der Waals surface area (Å²) in [7, 11) is 0. The van der Waals surface area contributed by atoms with E-state index in [1.165, 1.54) is 4.90 Å². The number of rotatable bonds is 6. The van der Waals surface area contributed by atoms with Gasteiger partial charge < -0.3 is 4.74 Å². The number of carbonyl (C=O) groups excluding carboxylic acids is 1. The number of nitriles is 1. The summed E-state index contributed by atoms with van der Waals surface area (Å²) in [5, 5.41) is 9.47. The minimum atomic E-state index is -0.605. The Kier molecular flexibility index (Phi) is 7.06. The summed E-state index contributed by atoms with van der Waals surface area (Å²) >= 11 is 1.68.